The summed E-state index contributed by atoms with van der Waals surface area (Å²) in [6.07, 6.45) is 4.87. The Hall–Kier alpha value is -3.68. The number of pyridine rings is 1. The number of ether oxygens (including phenoxy) is 1. The molecule has 1 heterocycles. The van der Waals surface area contributed by atoms with Crippen molar-refractivity contribution in [2.24, 2.45) is 0 Å². The molecule has 1 aromatic carbocycles. The van der Waals surface area contributed by atoms with Crippen LogP contribution < -0.4 is 10.2 Å². The molecule has 0 atom stereocenters. The molecule has 1 amide bonds. The predicted octanol–water partition coefficient (Wildman–Crippen LogP) is 3.33. The second-order valence-corrected chi connectivity index (χ2v) is 7.09. The number of carbonyl (C=O) groups excluding carboxylic acids is 1. The van der Waals surface area contributed by atoms with Crippen molar-refractivity contribution >= 4 is 11.7 Å². The fraction of sp³-hybridized carbons (Fsp3) is 0.304. The Morgan fingerprint density at radius 3 is 2.40 bits per heavy atom. The van der Waals surface area contributed by atoms with Crippen LogP contribution in [-0.2, 0) is 15.1 Å². The van der Waals surface area contributed by atoms with E-state index in [0.717, 1.165) is 24.1 Å². The van der Waals surface area contributed by atoms with E-state index in [2.05, 4.69) is 16.4 Å². The van der Waals surface area contributed by atoms with Gasteiger partial charge < -0.3 is 15.0 Å². The highest BCUT2D eigenvalue weighted by molar-refractivity contribution is 5.78. The van der Waals surface area contributed by atoms with Gasteiger partial charge in [-0.1, -0.05) is 12.1 Å². The van der Waals surface area contributed by atoms with Gasteiger partial charge in [0.15, 0.2) is 0 Å². The maximum Gasteiger partial charge on any atom is 0.250 e. The van der Waals surface area contributed by atoms with E-state index in [1.165, 1.54) is 6.20 Å². The number of nitrogens with one attached hydrogen (secondary N) is 1. The van der Waals surface area contributed by atoms with E-state index < -0.39 is 5.60 Å². The summed E-state index contributed by atoms with van der Waals surface area (Å²) < 4.78 is 5.91. The second kappa shape index (κ2) is 9.21. The number of hydrogen-bond donors (Lipinski definition) is 1. The Morgan fingerprint density at radius 1 is 1.20 bits per heavy atom. The topological polar surface area (TPSA) is 102 Å². The molecule has 3 rings (SSSR count). The zero-order chi connectivity index (χ0) is 21.6. The number of anilines is 1. The average Bonchev–Trinajstić information content (AvgIpc) is 3.58. The lowest BCUT2D eigenvalue weighted by atomic mass is 10.1. The molecule has 0 aliphatic heterocycles. The lowest BCUT2D eigenvalue weighted by Crippen LogP contribution is -2.29. The van der Waals surface area contributed by atoms with Crippen LogP contribution in [0.15, 0.2) is 54.5 Å². The van der Waals surface area contributed by atoms with Crippen LogP contribution in [0.2, 0.25) is 0 Å². The maximum absolute atomic E-state index is 12.3. The molecule has 1 aromatic heterocycles. The zero-order valence-corrected chi connectivity index (χ0v) is 17.1. The van der Waals surface area contributed by atoms with Gasteiger partial charge in [0, 0.05) is 24.6 Å². The first kappa shape index (κ1) is 21.0. The summed E-state index contributed by atoms with van der Waals surface area (Å²) in [6, 6.07) is 14.9. The molecule has 1 aliphatic carbocycles. The Balaban J connectivity index is 1.56. The minimum atomic E-state index is -0.425. The lowest BCUT2D eigenvalue weighted by Gasteiger charge is -2.22. The number of benzene rings is 1. The quantitative estimate of drug-likeness (QED) is 0.728. The van der Waals surface area contributed by atoms with E-state index in [9.17, 15) is 4.79 Å². The lowest BCUT2D eigenvalue weighted by molar-refractivity contribution is -0.127. The van der Waals surface area contributed by atoms with Crippen molar-refractivity contribution in [2.75, 3.05) is 18.1 Å². The number of amides is 1. The molecule has 7 heteroatoms. The van der Waals surface area contributed by atoms with Crippen LogP contribution in [0.4, 0.5) is 5.82 Å². The third kappa shape index (κ3) is 4.83. The van der Waals surface area contributed by atoms with E-state index in [0.29, 0.717) is 23.5 Å². The molecule has 1 aliphatic rings. The van der Waals surface area contributed by atoms with Crippen LogP contribution in [0.5, 0.6) is 0 Å². The smallest absolute Gasteiger partial charge is 0.250 e. The van der Waals surface area contributed by atoms with Crippen LogP contribution in [0, 0.1) is 22.7 Å². The van der Waals surface area contributed by atoms with Gasteiger partial charge in [0.25, 0.3) is 0 Å². The van der Waals surface area contributed by atoms with Crippen LogP contribution in [0.25, 0.3) is 0 Å². The summed E-state index contributed by atoms with van der Waals surface area (Å²) in [5.41, 5.74) is 2.48. The standard InChI is InChI=1S/C23H23N5O2/c1-3-28(21-9-6-19(13-25)15-26-21)17(2)14-27-22(29)16-30-23(10-11-23)20-7-4-18(12-24)5-8-20/h4-9,14-15H,3,10-11,16H2,1-2H3,(H,27,29)/b17-14+. The van der Waals surface area contributed by atoms with Gasteiger partial charge in [0.05, 0.1) is 22.8 Å². The SMILES string of the molecule is CCN(/C(C)=C/NC(=O)COC1(c2ccc(C#N)cc2)CC1)c1ccc(C#N)cn1. The van der Waals surface area contributed by atoms with Crippen molar-refractivity contribution in [3.63, 3.8) is 0 Å². The van der Waals surface area contributed by atoms with Crippen molar-refractivity contribution < 1.29 is 9.53 Å². The molecule has 0 bridgehead atoms. The highest BCUT2D eigenvalue weighted by Gasteiger charge is 2.46. The summed E-state index contributed by atoms with van der Waals surface area (Å²) in [5.74, 6) is 0.464. The molecule has 0 radical (unpaired) electrons. The van der Waals surface area contributed by atoms with E-state index in [1.54, 1.807) is 30.5 Å². The number of aromatic nitrogens is 1. The number of nitriles is 2. The Labute approximate surface area is 176 Å². The molecule has 0 saturated heterocycles. The minimum absolute atomic E-state index is 0.0506. The molecule has 7 nitrogen and oxygen atoms in total. The van der Waals surface area contributed by atoms with Gasteiger partial charge in [-0.2, -0.15) is 10.5 Å². The number of nitrogens with zero attached hydrogens (tertiary/aromatic N) is 4. The summed E-state index contributed by atoms with van der Waals surface area (Å²) in [7, 11) is 0. The van der Waals surface area contributed by atoms with E-state index in [-0.39, 0.29) is 12.5 Å². The van der Waals surface area contributed by atoms with Crippen molar-refractivity contribution in [2.45, 2.75) is 32.3 Å². The largest absolute Gasteiger partial charge is 0.360 e. The first-order valence-electron chi connectivity index (χ1n) is 9.76. The normalized spacial score (nSPS) is 14.3. The summed E-state index contributed by atoms with van der Waals surface area (Å²) in [4.78, 5) is 18.5. The van der Waals surface area contributed by atoms with Crippen molar-refractivity contribution in [1.82, 2.24) is 10.3 Å². The molecule has 0 spiro atoms. The highest BCUT2D eigenvalue weighted by atomic mass is 16.5. The molecular formula is C23H23N5O2. The van der Waals surface area contributed by atoms with Crippen LogP contribution in [-0.4, -0.2) is 24.0 Å². The van der Waals surface area contributed by atoms with Crippen molar-refractivity contribution in [1.29, 1.82) is 10.5 Å². The minimum Gasteiger partial charge on any atom is -0.360 e. The van der Waals surface area contributed by atoms with Crippen LogP contribution >= 0.6 is 0 Å². The summed E-state index contributed by atoms with van der Waals surface area (Å²) in [5, 5.41) is 20.6. The number of allylic oxidation sites excluding steroid dienone is 1. The van der Waals surface area contributed by atoms with Gasteiger partial charge in [0.1, 0.15) is 18.5 Å². The second-order valence-electron chi connectivity index (χ2n) is 7.09. The van der Waals surface area contributed by atoms with E-state index in [4.69, 9.17) is 15.3 Å². The molecule has 30 heavy (non-hydrogen) atoms. The highest BCUT2D eigenvalue weighted by Crippen LogP contribution is 2.49. The van der Waals surface area contributed by atoms with Crippen LogP contribution in [0.1, 0.15) is 43.4 Å². The van der Waals surface area contributed by atoms with Crippen LogP contribution in [0.3, 0.4) is 0 Å². The summed E-state index contributed by atoms with van der Waals surface area (Å²) in [6.45, 7) is 4.47. The molecule has 1 fully saturated rings. The van der Waals surface area contributed by atoms with Crippen molar-refractivity contribution in [3.8, 4) is 12.1 Å². The average molecular weight is 401 g/mol. The molecular weight excluding hydrogens is 378 g/mol. The monoisotopic (exact) mass is 401 g/mol. The van der Waals surface area contributed by atoms with Gasteiger partial charge in [-0.05, 0) is 56.5 Å². The number of rotatable bonds is 8. The first-order chi connectivity index (χ1) is 14.5. The molecule has 1 saturated carbocycles. The van der Waals surface area contributed by atoms with Gasteiger partial charge in [-0.3, -0.25) is 4.79 Å². The van der Waals surface area contributed by atoms with Gasteiger partial charge in [-0.25, -0.2) is 4.98 Å². The van der Waals surface area contributed by atoms with E-state index in [1.807, 2.05) is 36.9 Å². The molecule has 2 aromatic rings. The Kier molecular flexibility index (Phi) is 6.46. The fourth-order valence-corrected chi connectivity index (χ4v) is 3.19. The third-order valence-corrected chi connectivity index (χ3v) is 5.06. The fourth-order valence-electron chi connectivity index (χ4n) is 3.19. The number of carbonyl (C=O) groups is 1. The van der Waals surface area contributed by atoms with Gasteiger partial charge in [-0.15, -0.1) is 0 Å². The predicted molar refractivity (Wildman–Crippen MR) is 112 cm³/mol. The zero-order valence-electron chi connectivity index (χ0n) is 17.1. The van der Waals surface area contributed by atoms with E-state index >= 15 is 0 Å². The molecule has 1 N–H and O–H groups in total. The first-order valence-corrected chi connectivity index (χ1v) is 9.76. The Morgan fingerprint density at radius 2 is 1.87 bits per heavy atom. The summed E-state index contributed by atoms with van der Waals surface area (Å²) >= 11 is 0. The Bertz CT molecular complexity index is 1010. The van der Waals surface area contributed by atoms with Crippen molar-refractivity contribution in [3.05, 3.63) is 71.2 Å². The molecule has 152 valence electrons. The third-order valence-electron chi connectivity index (χ3n) is 5.06. The number of hydrogen-bond acceptors (Lipinski definition) is 6. The van der Waals surface area contributed by atoms with Gasteiger partial charge >= 0.3 is 0 Å². The van der Waals surface area contributed by atoms with Gasteiger partial charge in [0.2, 0.25) is 5.91 Å². The molecule has 0 unspecified atom stereocenters. The maximum atomic E-state index is 12.3.